The number of nitrogens with one attached hydrogen (secondary N) is 1. The molecule has 0 spiro atoms. The lowest BCUT2D eigenvalue weighted by atomic mass is 10.2. The number of nitrogens with zero attached hydrogens (tertiary/aromatic N) is 2. The molecule has 28 heavy (non-hydrogen) atoms. The molecule has 12 nitrogen and oxygen atoms in total. The largest absolute Gasteiger partial charge is 0.478 e. The molecule has 6 N–H and O–H groups in total. The van der Waals surface area contributed by atoms with E-state index in [2.05, 4.69) is 0 Å². The molecule has 0 aromatic heterocycles. The zero-order valence-corrected chi connectivity index (χ0v) is 14.7. The number of hydrogen-bond donors (Lipinski definition) is 4. The van der Waals surface area contributed by atoms with Crippen molar-refractivity contribution in [3.05, 3.63) is 73.8 Å². The van der Waals surface area contributed by atoms with E-state index in [0.29, 0.717) is 11.6 Å². The highest BCUT2D eigenvalue weighted by molar-refractivity contribution is 8.13. The van der Waals surface area contributed by atoms with Gasteiger partial charge in [0.15, 0.2) is 5.17 Å². The Balaban J connectivity index is 0.000000283. The van der Waals surface area contributed by atoms with Gasteiger partial charge in [-0.2, -0.15) is 0 Å². The lowest BCUT2D eigenvalue weighted by Crippen LogP contribution is -2.10. The number of primary amides is 1. The highest BCUT2D eigenvalue weighted by Crippen LogP contribution is 2.22. The number of non-ortho nitro benzene ring substituents is 2. The normalized spacial score (nSPS) is 9.57. The molecule has 0 fully saturated rings. The zero-order chi connectivity index (χ0) is 21.4. The number of carbonyl (C=O) groups is 2. The monoisotopic (exact) mass is 407 g/mol. The molecule has 0 aliphatic heterocycles. The molecule has 0 heterocycles. The molecule has 2 aromatic rings. The van der Waals surface area contributed by atoms with E-state index < -0.39 is 38.7 Å². The summed E-state index contributed by atoms with van der Waals surface area (Å²) in [6, 6.07) is 8.83. The molecule has 0 aliphatic rings. The van der Waals surface area contributed by atoms with Crippen LogP contribution in [-0.4, -0.2) is 32.0 Å². The molecule has 0 bridgehead atoms. The minimum absolute atomic E-state index is 0.0202. The van der Waals surface area contributed by atoms with E-state index in [0.717, 1.165) is 28.8 Å². The average Bonchev–Trinajstić information content (AvgIpc) is 2.61. The topological polar surface area (TPSA) is 217 Å². The van der Waals surface area contributed by atoms with E-state index >= 15 is 0 Å². The van der Waals surface area contributed by atoms with Gasteiger partial charge in [0.25, 0.3) is 11.4 Å². The Morgan fingerprint density at radius 1 is 0.929 bits per heavy atom. The Morgan fingerprint density at radius 2 is 1.39 bits per heavy atom. The maximum atomic E-state index is 10.7. The van der Waals surface area contributed by atoms with Crippen molar-refractivity contribution >= 4 is 40.2 Å². The first-order valence-corrected chi connectivity index (χ1v) is 7.91. The highest BCUT2D eigenvalue weighted by atomic mass is 32.2. The van der Waals surface area contributed by atoms with Gasteiger partial charge >= 0.3 is 5.97 Å². The van der Waals surface area contributed by atoms with Gasteiger partial charge in [0, 0.05) is 22.6 Å². The summed E-state index contributed by atoms with van der Waals surface area (Å²) in [6.07, 6.45) is 0. The molecule has 0 saturated carbocycles. The number of rotatable bonds is 5. The van der Waals surface area contributed by atoms with Crippen molar-refractivity contribution in [1.82, 2.24) is 0 Å². The van der Waals surface area contributed by atoms with Gasteiger partial charge in [-0.25, -0.2) is 4.79 Å². The van der Waals surface area contributed by atoms with Gasteiger partial charge in [0.2, 0.25) is 5.91 Å². The number of carbonyl (C=O) groups excluding carboxylic acids is 1. The zero-order valence-electron chi connectivity index (χ0n) is 13.9. The van der Waals surface area contributed by atoms with Crippen molar-refractivity contribution in [3.63, 3.8) is 0 Å². The Hall–Kier alpha value is -4.00. The fourth-order valence-electron chi connectivity index (χ4n) is 1.74. The summed E-state index contributed by atoms with van der Waals surface area (Å²) in [4.78, 5) is 40.9. The standard InChI is InChI=1S/C8H9N3OS.C7H4N2O6/c9-7(12)5-1-3-6(4-2-5)13-8(10)11;10-7(11)4-1-5(8(12)13)3-6(2-4)9(14)15/h1-4H,(H2,9,12)(H3,10,11);1-3H,(H,10,11). The van der Waals surface area contributed by atoms with Crippen LogP contribution in [0.3, 0.4) is 0 Å². The number of benzene rings is 2. The predicted octanol–water partition coefficient (Wildman–Crippen LogP) is 1.97. The minimum Gasteiger partial charge on any atom is -0.478 e. The first-order chi connectivity index (χ1) is 13.0. The molecule has 2 aromatic carbocycles. The third kappa shape index (κ3) is 6.72. The Bertz CT molecular complexity index is 867. The molecular formula is C15H13N5O7S. The molecule has 13 heteroatoms. The number of nitro benzene ring substituents is 2. The summed E-state index contributed by atoms with van der Waals surface area (Å²) in [5, 5.41) is 36.3. The Morgan fingerprint density at radius 3 is 1.71 bits per heavy atom. The summed E-state index contributed by atoms with van der Waals surface area (Å²) in [6.45, 7) is 0. The molecule has 2 rings (SSSR count). The molecule has 0 aliphatic carbocycles. The number of amidine groups is 1. The summed E-state index contributed by atoms with van der Waals surface area (Å²) in [7, 11) is 0. The van der Waals surface area contributed by atoms with E-state index in [9.17, 15) is 29.8 Å². The van der Waals surface area contributed by atoms with Crippen molar-refractivity contribution in [2.24, 2.45) is 11.5 Å². The molecule has 0 saturated heterocycles. The van der Waals surface area contributed by atoms with Crippen molar-refractivity contribution in [2.45, 2.75) is 4.90 Å². The molecular weight excluding hydrogens is 394 g/mol. The maximum Gasteiger partial charge on any atom is 0.336 e. The molecule has 146 valence electrons. The Labute approximate surface area is 161 Å². The van der Waals surface area contributed by atoms with Crippen LogP contribution in [-0.2, 0) is 0 Å². The van der Waals surface area contributed by atoms with Crippen LogP contribution >= 0.6 is 11.8 Å². The second-order valence-electron chi connectivity index (χ2n) is 4.91. The number of carboxylic acid groups (broad SMARTS) is 1. The second kappa shape index (κ2) is 9.63. The van der Waals surface area contributed by atoms with Crippen LogP contribution in [0, 0.1) is 25.6 Å². The lowest BCUT2D eigenvalue weighted by Gasteiger charge is -1.99. The van der Waals surface area contributed by atoms with Crippen LogP contribution in [0.1, 0.15) is 20.7 Å². The lowest BCUT2D eigenvalue weighted by molar-refractivity contribution is -0.394. The van der Waals surface area contributed by atoms with Gasteiger partial charge in [-0.1, -0.05) is 11.8 Å². The number of nitrogens with two attached hydrogens (primary N) is 2. The minimum atomic E-state index is -1.46. The van der Waals surface area contributed by atoms with Crippen LogP contribution in [0.4, 0.5) is 11.4 Å². The quantitative estimate of drug-likeness (QED) is 0.187. The van der Waals surface area contributed by atoms with Crippen molar-refractivity contribution in [1.29, 1.82) is 5.41 Å². The molecule has 0 atom stereocenters. The van der Waals surface area contributed by atoms with Gasteiger partial charge in [-0.05, 0) is 24.3 Å². The van der Waals surface area contributed by atoms with E-state index in [-0.39, 0.29) is 5.17 Å². The van der Waals surface area contributed by atoms with Crippen LogP contribution < -0.4 is 11.5 Å². The summed E-state index contributed by atoms with van der Waals surface area (Å²) in [5.41, 5.74) is 8.94. The SMILES string of the molecule is N=C(N)Sc1ccc(C(N)=O)cc1.O=C(O)c1cc([N+](=O)[O-])cc([N+](=O)[O-])c1. The summed E-state index contributed by atoms with van der Waals surface area (Å²) in [5.74, 6) is -1.92. The van der Waals surface area contributed by atoms with Gasteiger partial charge in [-0.3, -0.25) is 30.4 Å². The van der Waals surface area contributed by atoms with Crippen molar-refractivity contribution < 1.29 is 24.5 Å². The number of aromatic carboxylic acids is 1. The first kappa shape index (κ1) is 22.0. The highest BCUT2D eigenvalue weighted by Gasteiger charge is 2.19. The summed E-state index contributed by atoms with van der Waals surface area (Å²) < 4.78 is 0. The number of amides is 1. The van der Waals surface area contributed by atoms with E-state index in [4.69, 9.17) is 22.0 Å². The smallest absolute Gasteiger partial charge is 0.336 e. The van der Waals surface area contributed by atoms with Crippen molar-refractivity contribution in [3.8, 4) is 0 Å². The molecule has 1 amide bonds. The van der Waals surface area contributed by atoms with Gasteiger partial charge in [-0.15, -0.1) is 0 Å². The van der Waals surface area contributed by atoms with E-state index in [1.165, 1.54) is 0 Å². The summed E-state index contributed by atoms with van der Waals surface area (Å²) >= 11 is 1.13. The number of thioether (sulfide) groups is 1. The third-order valence-corrected chi connectivity index (χ3v) is 3.67. The van der Waals surface area contributed by atoms with Crippen LogP contribution in [0.15, 0.2) is 47.4 Å². The third-order valence-electron chi connectivity index (χ3n) is 2.94. The fourth-order valence-corrected chi connectivity index (χ4v) is 2.27. The van der Waals surface area contributed by atoms with Gasteiger partial charge in [0.05, 0.1) is 21.5 Å². The number of hydrogen-bond acceptors (Lipinski definition) is 8. The van der Waals surface area contributed by atoms with Crippen LogP contribution in [0.2, 0.25) is 0 Å². The second-order valence-corrected chi connectivity index (χ2v) is 6.03. The van der Waals surface area contributed by atoms with E-state index in [1.54, 1.807) is 24.3 Å². The molecule has 0 radical (unpaired) electrons. The first-order valence-electron chi connectivity index (χ1n) is 7.10. The van der Waals surface area contributed by atoms with E-state index in [1.807, 2.05) is 0 Å². The van der Waals surface area contributed by atoms with Gasteiger partial charge < -0.3 is 16.6 Å². The predicted molar refractivity (Wildman–Crippen MR) is 99.4 cm³/mol. The van der Waals surface area contributed by atoms with Crippen molar-refractivity contribution in [2.75, 3.05) is 0 Å². The van der Waals surface area contributed by atoms with Gasteiger partial charge in [0.1, 0.15) is 0 Å². The van der Waals surface area contributed by atoms with Crippen LogP contribution in [0.25, 0.3) is 0 Å². The Kier molecular flexibility index (Phi) is 7.58. The maximum absolute atomic E-state index is 10.7. The molecule has 0 unspecified atom stereocenters. The number of nitro groups is 2. The fraction of sp³-hybridized carbons (Fsp3) is 0. The number of carboxylic acids is 1. The van der Waals surface area contributed by atoms with Crippen LogP contribution in [0.5, 0.6) is 0 Å². The average molecular weight is 407 g/mol.